The Morgan fingerprint density at radius 2 is 1.16 bits per heavy atom. The summed E-state index contributed by atoms with van der Waals surface area (Å²) >= 11 is 0. The van der Waals surface area contributed by atoms with E-state index >= 15 is 0 Å². The predicted molar refractivity (Wildman–Crippen MR) is 82.8 cm³/mol. The molecule has 0 aliphatic carbocycles. The molecule has 2 atom stereocenters. The van der Waals surface area contributed by atoms with Gasteiger partial charge in [0.05, 0.1) is 25.4 Å². The second-order valence-electron chi connectivity index (χ2n) is 4.55. The van der Waals surface area contributed by atoms with Gasteiger partial charge in [0, 0.05) is 13.2 Å². The van der Waals surface area contributed by atoms with E-state index in [1.165, 1.54) is 0 Å². The third-order valence-electron chi connectivity index (χ3n) is 2.00. The zero-order chi connectivity index (χ0) is 14.2. The minimum Gasteiger partial charge on any atom is -1.00 e. The van der Waals surface area contributed by atoms with Crippen molar-refractivity contribution in [3.63, 3.8) is 0 Å². The van der Waals surface area contributed by atoms with Crippen LogP contribution in [-0.4, -0.2) is 71.9 Å². The summed E-state index contributed by atoms with van der Waals surface area (Å²) in [6.45, 7) is 10.2. The van der Waals surface area contributed by atoms with E-state index in [4.69, 9.17) is 19.7 Å². The van der Waals surface area contributed by atoms with Gasteiger partial charge < -0.3 is 22.5 Å². The molecule has 0 fully saturated rings. The molecule has 0 aliphatic rings. The molecule has 2 N–H and O–H groups in total. The summed E-state index contributed by atoms with van der Waals surface area (Å²) in [5, 5.41) is 17.5. The molecular formula is C14H34MgO4. The van der Waals surface area contributed by atoms with Gasteiger partial charge in [-0.05, 0) is 26.7 Å². The summed E-state index contributed by atoms with van der Waals surface area (Å²) < 4.78 is 10.2. The fourth-order valence-corrected chi connectivity index (χ4v) is 1.00. The van der Waals surface area contributed by atoms with E-state index in [0.717, 1.165) is 38.9 Å². The van der Waals surface area contributed by atoms with Gasteiger partial charge in [0.2, 0.25) is 0 Å². The largest absolute Gasteiger partial charge is 2.00 e. The number of hydrogen-bond acceptors (Lipinski definition) is 4. The quantitative estimate of drug-likeness (QED) is 0.478. The van der Waals surface area contributed by atoms with Crippen LogP contribution in [0.1, 0.15) is 56.2 Å². The molecule has 116 valence electrons. The van der Waals surface area contributed by atoms with Gasteiger partial charge in [-0.3, -0.25) is 0 Å². The number of hydrogen-bond donors (Lipinski definition) is 2. The molecule has 0 amide bonds. The van der Waals surface area contributed by atoms with Crippen LogP contribution in [0.5, 0.6) is 0 Å². The minimum atomic E-state index is -0.318. The molecule has 0 saturated carbocycles. The van der Waals surface area contributed by atoms with Crippen molar-refractivity contribution in [2.24, 2.45) is 0 Å². The molecule has 0 aliphatic heterocycles. The average Bonchev–Trinajstić information content (AvgIpc) is 2.31. The molecule has 0 radical (unpaired) electrons. The van der Waals surface area contributed by atoms with Gasteiger partial charge in [0.25, 0.3) is 0 Å². The summed E-state index contributed by atoms with van der Waals surface area (Å²) in [6, 6.07) is 0. The van der Waals surface area contributed by atoms with Crippen molar-refractivity contribution in [3.8, 4) is 0 Å². The summed E-state index contributed by atoms with van der Waals surface area (Å²) in [5.41, 5.74) is 0. The number of unbranched alkanes of at least 4 members (excludes halogenated alkanes) is 2. The van der Waals surface area contributed by atoms with Gasteiger partial charge in [-0.1, -0.05) is 26.7 Å². The van der Waals surface area contributed by atoms with Gasteiger partial charge in [-0.25, -0.2) is 0 Å². The zero-order valence-corrected chi connectivity index (χ0v) is 14.6. The molecule has 19 heavy (non-hydrogen) atoms. The predicted octanol–water partition coefficient (Wildman–Crippen LogP) is 2.21. The molecular weight excluding hydrogens is 256 g/mol. The first kappa shape index (κ1) is 24.6. The molecule has 0 aromatic carbocycles. The Morgan fingerprint density at radius 1 is 0.842 bits per heavy atom. The van der Waals surface area contributed by atoms with Crippen molar-refractivity contribution in [1.82, 2.24) is 0 Å². The molecule has 0 rings (SSSR count). The van der Waals surface area contributed by atoms with Gasteiger partial charge in [0.15, 0.2) is 0 Å². The normalized spacial score (nSPS) is 12.9. The molecule has 0 saturated heterocycles. The second kappa shape index (κ2) is 20.9. The zero-order valence-electron chi connectivity index (χ0n) is 15.2. The van der Waals surface area contributed by atoms with Crippen LogP contribution in [-0.2, 0) is 9.47 Å². The molecule has 0 aromatic heterocycles. The summed E-state index contributed by atoms with van der Waals surface area (Å²) in [6.07, 6.45) is 3.85. The maximum atomic E-state index is 8.73. The number of aliphatic hydroxyl groups excluding tert-OH is 2. The van der Waals surface area contributed by atoms with Crippen LogP contribution in [0, 0.1) is 0 Å². The van der Waals surface area contributed by atoms with Crippen LogP contribution >= 0.6 is 0 Å². The summed E-state index contributed by atoms with van der Waals surface area (Å²) in [7, 11) is 0. The molecule has 0 heterocycles. The van der Waals surface area contributed by atoms with Crippen LogP contribution in [0.4, 0.5) is 0 Å². The molecule has 0 bridgehead atoms. The topological polar surface area (TPSA) is 58.9 Å². The van der Waals surface area contributed by atoms with Crippen LogP contribution in [0.25, 0.3) is 0 Å². The fourth-order valence-electron chi connectivity index (χ4n) is 1.00. The summed E-state index contributed by atoms with van der Waals surface area (Å²) in [4.78, 5) is 0. The maximum absolute atomic E-state index is 8.73. The van der Waals surface area contributed by atoms with Crippen molar-refractivity contribution < 1.29 is 22.5 Å². The van der Waals surface area contributed by atoms with E-state index in [-0.39, 0.29) is 38.1 Å². The van der Waals surface area contributed by atoms with Crippen molar-refractivity contribution in [2.45, 2.75) is 65.6 Å². The number of aliphatic hydroxyl groups is 2. The molecule has 0 aromatic rings. The first-order valence-corrected chi connectivity index (χ1v) is 7.06. The summed E-state index contributed by atoms with van der Waals surface area (Å²) in [5.74, 6) is 0. The van der Waals surface area contributed by atoms with Crippen molar-refractivity contribution >= 4 is 23.1 Å². The van der Waals surface area contributed by atoms with E-state index in [0.29, 0.717) is 13.2 Å². The van der Waals surface area contributed by atoms with Crippen LogP contribution in [0.2, 0.25) is 0 Å². The van der Waals surface area contributed by atoms with Gasteiger partial charge in [0.1, 0.15) is 0 Å². The van der Waals surface area contributed by atoms with Crippen molar-refractivity contribution in [1.29, 1.82) is 0 Å². The number of rotatable bonds is 10. The minimum absolute atomic E-state index is 0. The Morgan fingerprint density at radius 3 is 1.37 bits per heavy atom. The Hall–Kier alpha value is 0.606. The molecule has 5 heteroatoms. The third kappa shape index (κ3) is 32.3. The molecule has 4 nitrogen and oxygen atoms in total. The standard InChI is InChI=1S/2C7H16O2.Mg.2H/c2*1-3-4-5-9-6-7(2)8;;;/h2*7-8H,3-6H2,1-2H3;;;/q;;+2;2*-1. The van der Waals surface area contributed by atoms with Gasteiger partial charge in [-0.15, -0.1) is 0 Å². The van der Waals surface area contributed by atoms with Gasteiger partial charge in [-0.2, -0.15) is 0 Å². The van der Waals surface area contributed by atoms with Crippen LogP contribution in [0.15, 0.2) is 0 Å². The van der Waals surface area contributed by atoms with E-state index in [9.17, 15) is 0 Å². The second-order valence-corrected chi connectivity index (χ2v) is 4.55. The van der Waals surface area contributed by atoms with Crippen molar-refractivity contribution in [3.05, 3.63) is 0 Å². The van der Waals surface area contributed by atoms with E-state index in [2.05, 4.69) is 13.8 Å². The monoisotopic (exact) mass is 290 g/mol. The average molecular weight is 291 g/mol. The number of ether oxygens (including phenoxy) is 2. The van der Waals surface area contributed by atoms with E-state index in [1.807, 2.05) is 0 Å². The Labute approximate surface area is 138 Å². The third-order valence-corrected chi connectivity index (χ3v) is 2.00. The van der Waals surface area contributed by atoms with Crippen LogP contribution < -0.4 is 0 Å². The van der Waals surface area contributed by atoms with E-state index in [1.54, 1.807) is 13.8 Å². The van der Waals surface area contributed by atoms with E-state index < -0.39 is 0 Å². The Balaban J connectivity index is -0.0000000711. The molecule has 0 spiro atoms. The Bertz CT molecular complexity index is 137. The molecule has 2 unspecified atom stereocenters. The Kier molecular flexibility index (Phi) is 27.1. The fraction of sp³-hybridized carbons (Fsp3) is 1.00. The van der Waals surface area contributed by atoms with Crippen LogP contribution in [0.3, 0.4) is 0 Å². The smallest absolute Gasteiger partial charge is 1.00 e. The van der Waals surface area contributed by atoms with Gasteiger partial charge >= 0.3 is 23.1 Å². The first-order chi connectivity index (χ1) is 8.54. The van der Waals surface area contributed by atoms with Crippen molar-refractivity contribution in [2.75, 3.05) is 26.4 Å². The SMILES string of the molecule is CCCCOCC(C)O.CCCCOCC(C)O.[H-].[H-].[Mg+2]. The maximum Gasteiger partial charge on any atom is 2.00 e. The first-order valence-electron chi connectivity index (χ1n) is 7.06.